The number of ether oxygens (including phenoxy) is 3. The zero-order chi connectivity index (χ0) is 45.1. The van der Waals surface area contributed by atoms with Crippen molar-refractivity contribution in [3.8, 4) is 0 Å². The van der Waals surface area contributed by atoms with Crippen molar-refractivity contribution >= 4 is 17.9 Å². The number of unbranched alkanes of at least 4 members (excludes halogenated alkanes) is 18. The van der Waals surface area contributed by atoms with Crippen LogP contribution in [0.2, 0.25) is 0 Å². The highest BCUT2D eigenvalue weighted by Gasteiger charge is 2.19. The van der Waals surface area contributed by atoms with E-state index in [1.165, 1.54) is 70.6 Å². The zero-order valence-corrected chi connectivity index (χ0v) is 40.1. The Morgan fingerprint density at radius 1 is 0.355 bits per heavy atom. The van der Waals surface area contributed by atoms with Gasteiger partial charge in [-0.25, -0.2) is 0 Å². The fourth-order valence-electron chi connectivity index (χ4n) is 6.51. The van der Waals surface area contributed by atoms with Crippen LogP contribution in [0.25, 0.3) is 0 Å². The third-order valence-electron chi connectivity index (χ3n) is 10.3. The number of carbonyl (C=O) groups is 3. The maximum atomic E-state index is 12.8. The molecule has 0 aliphatic rings. The Hall–Kier alpha value is -3.67. The first-order valence-corrected chi connectivity index (χ1v) is 25.3. The number of rotatable bonds is 44. The Morgan fingerprint density at radius 3 is 1.23 bits per heavy atom. The molecule has 1 atom stereocenters. The van der Waals surface area contributed by atoms with E-state index >= 15 is 0 Å². The molecular weight excluding hydrogens is 769 g/mol. The van der Waals surface area contributed by atoms with Crippen molar-refractivity contribution in [3.05, 3.63) is 97.2 Å². The molecule has 0 aliphatic carbocycles. The predicted molar refractivity (Wildman–Crippen MR) is 265 cm³/mol. The van der Waals surface area contributed by atoms with Gasteiger partial charge in [0, 0.05) is 19.3 Å². The summed E-state index contributed by atoms with van der Waals surface area (Å²) in [5.41, 5.74) is 0. The van der Waals surface area contributed by atoms with Crippen LogP contribution in [-0.4, -0.2) is 37.2 Å². The summed E-state index contributed by atoms with van der Waals surface area (Å²) < 4.78 is 16.7. The van der Waals surface area contributed by atoms with Gasteiger partial charge in [0.25, 0.3) is 0 Å². The van der Waals surface area contributed by atoms with Crippen LogP contribution in [0.15, 0.2) is 97.2 Å². The molecule has 0 rings (SSSR count). The van der Waals surface area contributed by atoms with Crippen LogP contribution >= 0.6 is 0 Å². The normalized spacial score (nSPS) is 12.9. The summed E-state index contributed by atoms with van der Waals surface area (Å²) in [5.74, 6) is -1.01. The molecule has 0 aliphatic heterocycles. The maximum absolute atomic E-state index is 12.8. The van der Waals surface area contributed by atoms with E-state index in [4.69, 9.17) is 14.2 Å². The van der Waals surface area contributed by atoms with Gasteiger partial charge in [0.05, 0.1) is 0 Å². The second-order valence-corrected chi connectivity index (χ2v) is 16.4. The minimum absolute atomic E-state index is 0.112. The summed E-state index contributed by atoms with van der Waals surface area (Å²) in [6.45, 7) is 6.38. The van der Waals surface area contributed by atoms with Crippen LogP contribution in [0.4, 0.5) is 0 Å². The molecule has 0 radical (unpaired) electrons. The highest BCUT2D eigenvalue weighted by Crippen LogP contribution is 2.12. The van der Waals surface area contributed by atoms with Crippen LogP contribution in [-0.2, 0) is 28.6 Å². The third-order valence-corrected chi connectivity index (χ3v) is 10.3. The quantitative estimate of drug-likeness (QED) is 0.0200. The standard InChI is InChI=1S/C56H92O6/c1-4-7-10-13-16-19-22-24-26-28-30-31-34-37-40-43-46-49-55(58)61-52-53(51-60-54(57)48-45-42-39-36-33-21-18-15-12-9-6-3)62-56(59)50-47-44-41-38-35-32-29-27-25-23-20-17-14-11-8-5-2/h7,10,15-16,18-19,24,26-27,29-32,35,37,40,53H,4-6,8-9,11-14,17,20-23,25,28,33-34,36,38-39,41-52H2,1-3H3/b10-7-,18-15-,19-16-,26-24-,29-27-,31-30-,35-32-,40-37-. The van der Waals surface area contributed by atoms with E-state index in [2.05, 4.69) is 118 Å². The molecule has 0 saturated heterocycles. The van der Waals surface area contributed by atoms with Crippen LogP contribution in [0.1, 0.15) is 220 Å². The van der Waals surface area contributed by atoms with Gasteiger partial charge in [-0.05, 0) is 103 Å². The van der Waals surface area contributed by atoms with Gasteiger partial charge in [-0.15, -0.1) is 0 Å². The van der Waals surface area contributed by atoms with Crippen LogP contribution in [0.3, 0.4) is 0 Å². The fourth-order valence-corrected chi connectivity index (χ4v) is 6.51. The Kier molecular flexibility index (Phi) is 47.0. The van der Waals surface area contributed by atoms with Crippen molar-refractivity contribution in [2.24, 2.45) is 0 Å². The molecule has 0 aromatic heterocycles. The zero-order valence-electron chi connectivity index (χ0n) is 40.1. The van der Waals surface area contributed by atoms with E-state index in [-0.39, 0.29) is 44.0 Å². The summed E-state index contributed by atoms with van der Waals surface area (Å²) >= 11 is 0. The molecule has 0 saturated carbocycles. The van der Waals surface area contributed by atoms with Crippen LogP contribution < -0.4 is 0 Å². The van der Waals surface area contributed by atoms with Crippen molar-refractivity contribution in [1.29, 1.82) is 0 Å². The van der Waals surface area contributed by atoms with E-state index in [0.29, 0.717) is 12.8 Å². The molecule has 0 bridgehead atoms. The first-order chi connectivity index (χ1) is 30.5. The lowest BCUT2D eigenvalue weighted by Gasteiger charge is -2.18. The molecule has 6 nitrogen and oxygen atoms in total. The predicted octanol–water partition coefficient (Wildman–Crippen LogP) is 16.6. The van der Waals surface area contributed by atoms with E-state index in [1.54, 1.807) is 0 Å². The van der Waals surface area contributed by atoms with Crippen LogP contribution in [0, 0.1) is 0 Å². The number of carbonyl (C=O) groups excluding carboxylic acids is 3. The number of esters is 3. The molecule has 0 aromatic rings. The Balaban J connectivity index is 4.53. The fraction of sp³-hybridized carbons (Fsp3) is 0.661. The van der Waals surface area contributed by atoms with E-state index < -0.39 is 6.10 Å². The highest BCUT2D eigenvalue weighted by atomic mass is 16.6. The van der Waals surface area contributed by atoms with Gasteiger partial charge in [-0.1, -0.05) is 195 Å². The molecule has 0 fully saturated rings. The van der Waals surface area contributed by atoms with Gasteiger partial charge >= 0.3 is 17.9 Å². The molecule has 62 heavy (non-hydrogen) atoms. The van der Waals surface area contributed by atoms with Gasteiger partial charge in [0.2, 0.25) is 0 Å². The average Bonchev–Trinajstić information content (AvgIpc) is 3.27. The summed E-state index contributed by atoms with van der Waals surface area (Å²) in [6, 6.07) is 0. The summed E-state index contributed by atoms with van der Waals surface area (Å²) in [4.78, 5) is 37.9. The molecule has 6 heteroatoms. The van der Waals surface area contributed by atoms with Crippen molar-refractivity contribution in [3.63, 3.8) is 0 Å². The molecule has 0 N–H and O–H groups in total. The summed E-state index contributed by atoms with van der Waals surface area (Å²) in [7, 11) is 0. The monoisotopic (exact) mass is 861 g/mol. The van der Waals surface area contributed by atoms with Crippen molar-refractivity contribution in [1.82, 2.24) is 0 Å². The molecule has 0 spiro atoms. The lowest BCUT2D eigenvalue weighted by molar-refractivity contribution is -0.167. The smallest absolute Gasteiger partial charge is 0.306 e. The van der Waals surface area contributed by atoms with Gasteiger partial charge in [0.15, 0.2) is 6.10 Å². The first kappa shape index (κ1) is 58.3. The Bertz CT molecular complexity index is 1260. The third kappa shape index (κ3) is 47.4. The Morgan fingerprint density at radius 2 is 0.710 bits per heavy atom. The van der Waals surface area contributed by atoms with Crippen molar-refractivity contribution in [2.45, 2.75) is 226 Å². The van der Waals surface area contributed by atoms with Gasteiger partial charge in [0.1, 0.15) is 13.2 Å². The van der Waals surface area contributed by atoms with Gasteiger partial charge in [-0.3, -0.25) is 14.4 Å². The maximum Gasteiger partial charge on any atom is 0.306 e. The second kappa shape index (κ2) is 50.0. The highest BCUT2D eigenvalue weighted by molar-refractivity contribution is 5.71. The Labute approximate surface area is 381 Å². The topological polar surface area (TPSA) is 78.9 Å². The van der Waals surface area contributed by atoms with Crippen molar-refractivity contribution < 1.29 is 28.6 Å². The molecule has 0 heterocycles. The molecule has 1 unspecified atom stereocenters. The minimum atomic E-state index is -0.817. The average molecular weight is 861 g/mol. The SMILES string of the molecule is CC/C=C\C/C=C\C/C=C\C/C=C\C/C=C\CCCC(=O)OCC(COC(=O)CCCCCCC/C=C\CCCC)OC(=O)CCCCC/C=C\C=C/CCCCCCCCC. The number of hydrogen-bond acceptors (Lipinski definition) is 6. The molecular formula is C56H92O6. The second-order valence-electron chi connectivity index (χ2n) is 16.4. The molecule has 352 valence electrons. The molecule has 0 amide bonds. The number of hydrogen-bond donors (Lipinski definition) is 0. The van der Waals surface area contributed by atoms with Crippen molar-refractivity contribution in [2.75, 3.05) is 13.2 Å². The number of allylic oxidation sites excluding steroid dienone is 16. The largest absolute Gasteiger partial charge is 0.462 e. The van der Waals surface area contributed by atoms with E-state index in [0.717, 1.165) is 103 Å². The minimum Gasteiger partial charge on any atom is -0.462 e. The lowest BCUT2D eigenvalue weighted by atomic mass is 10.1. The summed E-state index contributed by atoms with van der Waals surface area (Å²) in [5, 5.41) is 0. The lowest BCUT2D eigenvalue weighted by Crippen LogP contribution is -2.30. The van der Waals surface area contributed by atoms with E-state index in [1.807, 2.05) is 0 Å². The summed E-state index contributed by atoms with van der Waals surface area (Å²) in [6.07, 6.45) is 65.4. The molecule has 0 aromatic carbocycles. The first-order valence-electron chi connectivity index (χ1n) is 25.3. The van der Waals surface area contributed by atoms with Crippen LogP contribution in [0.5, 0.6) is 0 Å². The van der Waals surface area contributed by atoms with Gasteiger partial charge in [-0.2, -0.15) is 0 Å². The van der Waals surface area contributed by atoms with E-state index in [9.17, 15) is 14.4 Å². The van der Waals surface area contributed by atoms with Gasteiger partial charge < -0.3 is 14.2 Å².